The molecular formula is C29H25F2NO3. The lowest BCUT2D eigenvalue weighted by molar-refractivity contribution is -0.137. The van der Waals surface area contributed by atoms with Gasteiger partial charge in [-0.15, -0.1) is 5.92 Å². The summed E-state index contributed by atoms with van der Waals surface area (Å²) in [4.78, 5) is 14.4. The number of nitrogens with one attached hydrogen (secondary N) is 1. The number of aryl methyl sites for hydroxylation is 1. The van der Waals surface area contributed by atoms with Gasteiger partial charge in [0, 0.05) is 24.2 Å². The number of fused-ring (bicyclic) bond motifs is 1. The first-order valence-corrected chi connectivity index (χ1v) is 11.3. The minimum absolute atomic E-state index is 0.0931. The molecule has 0 radical (unpaired) electrons. The van der Waals surface area contributed by atoms with Gasteiger partial charge in [-0.3, -0.25) is 4.79 Å². The molecule has 1 aromatic heterocycles. The molecular weight excluding hydrogens is 448 g/mol. The van der Waals surface area contributed by atoms with E-state index in [9.17, 15) is 18.7 Å². The number of aliphatic carboxylic acids is 1. The zero-order valence-corrected chi connectivity index (χ0v) is 19.4. The number of carboxylic acid groups (broad SMARTS) is 1. The number of aromatic nitrogens is 1. The third-order valence-corrected chi connectivity index (χ3v) is 5.98. The van der Waals surface area contributed by atoms with Crippen LogP contribution >= 0.6 is 0 Å². The molecule has 0 fully saturated rings. The molecule has 35 heavy (non-hydrogen) atoms. The lowest BCUT2D eigenvalue weighted by atomic mass is 9.95. The van der Waals surface area contributed by atoms with E-state index in [0.717, 1.165) is 33.7 Å². The van der Waals surface area contributed by atoms with Gasteiger partial charge in [0.25, 0.3) is 0 Å². The van der Waals surface area contributed by atoms with E-state index in [-0.39, 0.29) is 12.8 Å². The molecule has 4 nitrogen and oxygen atoms in total. The summed E-state index contributed by atoms with van der Waals surface area (Å²) < 4.78 is 34.1. The number of hydrogen-bond donors (Lipinski definition) is 2. The molecule has 0 bridgehead atoms. The molecule has 2 atom stereocenters. The van der Waals surface area contributed by atoms with E-state index in [4.69, 9.17) is 4.74 Å². The van der Waals surface area contributed by atoms with Crippen LogP contribution in [0.3, 0.4) is 0 Å². The van der Waals surface area contributed by atoms with E-state index in [2.05, 4.69) is 16.8 Å². The summed E-state index contributed by atoms with van der Waals surface area (Å²) in [5.74, 6) is 3.66. The van der Waals surface area contributed by atoms with Gasteiger partial charge in [0.05, 0.1) is 12.3 Å². The molecule has 178 valence electrons. The first kappa shape index (κ1) is 24.0. The zero-order valence-electron chi connectivity index (χ0n) is 19.4. The highest BCUT2D eigenvalue weighted by Crippen LogP contribution is 2.32. The van der Waals surface area contributed by atoms with Crippen molar-refractivity contribution >= 4 is 16.9 Å². The number of ether oxygens (including phenoxy) is 1. The first-order chi connectivity index (χ1) is 16.8. The summed E-state index contributed by atoms with van der Waals surface area (Å²) in [6.07, 6.45) is 1.52. The summed E-state index contributed by atoms with van der Waals surface area (Å²) in [7, 11) is 0. The van der Waals surface area contributed by atoms with Gasteiger partial charge in [0.1, 0.15) is 23.5 Å². The maximum Gasteiger partial charge on any atom is 0.304 e. The SMILES string of the molecule is CC#CC(CC(=O)O)c1ccc(OC(Cc2cc(F)cc(F)c2)c2ccc3cc[nH]c3c2C)cc1. The molecule has 1 heterocycles. The van der Waals surface area contributed by atoms with Gasteiger partial charge in [0.2, 0.25) is 0 Å². The summed E-state index contributed by atoms with van der Waals surface area (Å²) in [5, 5.41) is 10.3. The normalized spacial score (nSPS) is 12.6. The Morgan fingerprint density at radius 3 is 2.43 bits per heavy atom. The Morgan fingerprint density at radius 1 is 1.06 bits per heavy atom. The molecule has 0 spiro atoms. The molecule has 2 N–H and O–H groups in total. The van der Waals surface area contributed by atoms with Crippen molar-refractivity contribution in [2.75, 3.05) is 0 Å². The number of halogens is 2. The minimum atomic E-state index is -0.921. The topological polar surface area (TPSA) is 62.3 Å². The molecule has 0 saturated carbocycles. The van der Waals surface area contributed by atoms with Gasteiger partial charge < -0.3 is 14.8 Å². The molecule has 2 unspecified atom stereocenters. The quantitative estimate of drug-likeness (QED) is 0.280. The van der Waals surface area contributed by atoms with Crippen molar-refractivity contribution in [1.82, 2.24) is 4.98 Å². The standard InChI is InChI=1S/C29H25F2NO3/c1-3-4-22(16-28(33)34)20-5-8-25(9-6-20)35-27(15-19-13-23(30)17-24(31)14-19)26-10-7-21-11-12-32-29(21)18(26)2/h5-14,17,22,27,32H,15-16H2,1-2H3,(H,33,34). The van der Waals surface area contributed by atoms with Crippen molar-refractivity contribution in [1.29, 1.82) is 0 Å². The van der Waals surface area contributed by atoms with Crippen molar-refractivity contribution in [3.8, 4) is 17.6 Å². The second-order valence-electron chi connectivity index (χ2n) is 8.42. The highest BCUT2D eigenvalue weighted by molar-refractivity contribution is 5.83. The average Bonchev–Trinajstić information content (AvgIpc) is 3.28. The van der Waals surface area contributed by atoms with Crippen LogP contribution in [0.2, 0.25) is 0 Å². The molecule has 0 saturated heterocycles. The number of hydrogen-bond acceptors (Lipinski definition) is 2. The van der Waals surface area contributed by atoms with E-state index < -0.39 is 29.6 Å². The van der Waals surface area contributed by atoms with Gasteiger partial charge in [-0.2, -0.15) is 0 Å². The van der Waals surface area contributed by atoms with Crippen molar-refractivity contribution in [2.24, 2.45) is 0 Å². The summed E-state index contributed by atoms with van der Waals surface area (Å²) in [6.45, 7) is 3.66. The number of carboxylic acids is 1. The zero-order chi connectivity index (χ0) is 24.9. The minimum Gasteiger partial charge on any atom is -0.485 e. The van der Waals surface area contributed by atoms with Crippen LogP contribution < -0.4 is 4.74 Å². The monoisotopic (exact) mass is 473 g/mol. The Hall–Kier alpha value is -4.11. The van der Waals surface area contributed by atoms with Crippen LogP contribution in [0.1, 0.15) is 47.6 Å². The number of aromatic amines is 1. The van der Waals surface area contributed by atoms with Crippen LogP contribution in [0.25, 0.3) is 10.9 Å². The maximum atomic E-state index is 13.9. The van der Waals surface area contributed by atoms with Gasteiger partial charge in [0.15, 0.2) is 0 Å². The molecule has 4 aromatic rings. The fourth-order valence-electron chi connectivity index (χ4n) is 4.34. The molecule has 6 heteroatoms. The van der Waals surface area contributed by atoms with E-state index >= 15 is 0 Å². The van der Waals surface area contributed by atoms with Crippen molar-refractivity contribution in [3.05, 3.63) is 101 Å². The van der Waals surface area contributed by atoms with Gasteiger partial charge in [-0.25, -0.2) is 8.78 Å². The van der Waals surface area contributed by atoms with Gasteiger partial charge in [-0.05, 0) is 71.8 Å². The van der Waals surface area contributed by atoms with Crippen LogP contribution in [0.5, 0.6) is 5.75 Å². The fraction of sp³-hybridized carbons (Fsp3) is 0.207. The molecule has 0 aliphatic heterocycles. The lowest BCUT2D eigenvalue weighted by Crippen LogP contribution is -2.13. The van der Waals surface area contributed by atoms with Crippen LogP contribution in [-0.2, 0) is 11.2 Å². The maximum absolute atomic E-state index is 13.9. The predicted molar refractivity (Wildman–Crippen MR) is 131 cm³/mol. The molecule has 3 aromatic carbocycles. The Kier molecular flexibility index (Phi) is 7.17. The Morgan fingerprint density at radius 2 is 1.77 bits per heavy atom. The number of benzene rings is 3. The Labute approximate surface area is 202 Å². The third-order valence-electron chi connectivity index (χ3n) is 5.98. The van der Waals surface area contributed by atoms with E-state index in [0.29, 0.717) is 11.3 Å². The highest BCUT2D eigenvalue weighted by Gasteiger charge is 2.20. The van der Waals surface area contributed by atoms with E-state index in [1.807, 2.05) is 31.3 Å². The molecule has 0 aliphatic carbocycles. The van der Waals surface area contributed by atoms with Crippen LogP contribution in [0, 0.1) is 30.4 Å². The Balaban J connectivity index is 1.67. The van der Waals surface area contributed by atoms with Crippen LogP contribution in [0.15, 0.2) is 66.9 Å². The summed E-state index contributed by atoms with van der Waals surface area (Å²) in [6, 6.07) is 16.5. The smallest absolute Gasteiger partial charge is 0.304 e. The fourth-order valence-corrected chi connectivity index (χ4v) is 4.34. The van der Waals surface area contributed by atoms with E-state index in [1.165, 1.54) is 12.1 Å². The highest BCUT2D eigenvalue weighted by atomic mass is 19.1. The predicted octanol–water partition coefficient (Wildman–Crippen LogP) is 6.70. The Bertz CT molecular complexity index is 1390. The second-order valence-corrected chi connectivity index (χ2v) is 8.42. The van der Waals surface area contributed by atoms with Crippen molar-refractivity contribution < 1.29 is 23.4 Å². The van der Waals surface area contributed by atoms with Gasteiger partial charge in [-0.1, -0.05) is 30.2 Å². The number of carbonyl (C=O) groups is 1. The van der Waals surface area contributed by atoms with Gasteiger partial charge >= 0.3 is 5.97 Å². The van der Waals surface area contributed by atoms with Crippen LogP contribution in [-0.4, -0.2) is 16.1 Å². The molecule has 4 rings (SSSR count). The number of rotatable bonds is 8. The van der Waals surface area contributed by atoms with Crippen molar-refractivity contribution in [2.45, 2.75) is 38.7 Å². The lowest BCUT2D eigenvalue weighted by Gasteiger charge is -2.22. The summed E-state index contributed by atoms with van der Waals surface area (Å²) in [5.41, 5.74) is 4.13. The summed E-state index contributed by atoms with van der Waals surface area (Å²) >= 11 is 0. The number of H-pyrrole nitrogens is 1. The molecule has 0 amide bonds. The van der Waals surface area contributed by atoms with E-state index in [1.54, 1.807) is 31.2 Å². The third kappa shape index (κ3) is 5.70. The largest absolute Gasteiger partial charge is 0.485 e. The van der Waals surface area contributed by atoms with Crippen LogP contribution in [0.4, 0.5) is 8.78 Å². The molecule has 0 aliphatic rings. The average molecular weight is 474 g/mol. The van der Waals surface area contributed by atoms with Crippen molar-refractivity contribution in [3.63, 3.8) is 0 Å². The first-order valence-electron chi connectivity index (χ1n) is 11.3. The second kappa shape index (κ2) is 10.4.